The molecule has 2 aromatic heterocycles. The molecule has 1 aromatic carbocycles. The van der Waals surface area contributed by atoms with E-state index in [0.29, 0.717) is 19.0 Å². The summed E-state index contributed by atoms with van der Waals surface area (Å²) in [5, 5.41) is 15.7. The smallest absolute Gasteiger partial charge is 0.191 e. The van der Waals surface area contributed by atoms with Crippen molar-refractivity contribution in [2.75, 3.05) is 7.05 Å². The summed E-state index contributed by atoms with van der Waals surface area (Å²) in [6.45, 7) is 10.5. The third kappa shape index (κ3) is 5.75. The molecule has 7 nitrogen and oxygen atoms in total. The summed E-state index contributed by atoms with van der Waals surface area (Å²) in [5.74, 6) is 1.98. The van der Waals surface area contributed by atoms with Gasteiger partial charge < -0.3 is 15.2 Å². The van der Waals surface area contributed by atoms with Gasteiger partial charge in [-0.3, -0.25) is 9.67 Å². The van der Waals surface area contributed by atoms with E-state index in [1.165, 1.54) is 11.1 Å². The number of aliphatic imine (C=N–C) groups is 1. The highest BCUT2D eigenvalue weighted by Gasteiger charge is 2.14. The summed E-state index contributed by atoms with van der Waals surface area (Å²) < 4.78 is 7.56. The van der Waals surface area contributed by atoms with E-state index in [2.05, 4.69) is 77.4 Å². The van der Waals surface area contributed by atoms with Gasteiger partial charge in [0, 0.05) is 36.8 Å². The van der Waals surface area contributed by atoms with Gasteiger partial charge in [0.25, 0.3) is 0 Å². The third-order valence-electron chi connectivity index (χ3n) is 5.77. The van der Waals surface area contributed by atoms with E-state index < -0.39 is 0 Å². The van der Waals surface area contributed by atoms with Gasteiger partial charge in [-0.05, 0) is 32.3 Å². The molecule has 0 fully saturated rings. The number of nitrogens with zero attached hydrogens (tertiary/aromatic N) is 4. The molecule has 2 heterocycles. The summed E-state index contributed by atoms with van der Waals surface area (Å²) in [6.07, 6.45) is 2.13. The van der Waals surface area contributed by atoms with E-state index in [0.717, 1.165) is 48.2 Å². The van der Waals surface area contributed by atoms with Crippen LogP contribution in [-0.2, 0) is 19.6 Å². The third-order valence-corrected chi connectivity index (χ3v) is 5.77. The molecule has 3 aromatic rings. The van der Waals surface area contributed by atoms with Crippen LogP contribution >= 0.6 is 0 Å². The predicted molar refractivity (Wildman–Crippen MR) is 124 cm³/mol. The molecular weight excluding hydrogens is 388 g/mol. The van der Waals surface area contributed by atoms with E-state index in [1.807, 2.05) is 12.1 Å². The van der Waals surface area contributed by atoms with E-state index in [-0.39, 0.29) is 0 Å². The van der Waals surface area contributed by atoms with Gasteiger partial charge in [-0.15, -0.1) is 0 Å². The summed E-state index contributed by atoms with van der Waals surface area (Å²) in [7, 11) is 1.77. The van der Waals surface area contributed by atoms with Crippen molar-refractivity contribution in [1.82, 2.24) is 25.6 Å². The number of aryl methyl sites for hydroxylation is 1. The van der Waals surface area contributed by atoms with Crippen LogP contribution in [0.2, 0.25) is 0 Å². The average molecular weight is 423 g/mol. The summed E-state index contributed by atoms with van der Waals surface area (Å²) >= 11 is 0. The Morgan fingerprint density at radius 2 is 1.81 bits per heavy atom. The fourth-order valence-electron chi connectivity index (χ4n) is 3.78. The van der Waals surface area contributed by atoms with E-state index in [4.69, 9.17) is 9.62 Å². The number of nitrogens with one attached hydrogen (secondary N) is 2. The fourth-order valence-corrected chi connectivity index (χ4v) is 3.78. The van der Waals surface area contributed by atoms with Gasteiger partial charge in [0.2, 0.25) is 0 Å². The van der Waals surface area contributed by atoms with Gasteiger partial charge in [0.1, 0.15) is 0 Å². The molecule has 0 saturated heterocycles. The Morgan fingerprint density at radius 3 is 2.48 bits per heavy atom. The monoisotopic (exact) mass is 422 g/mol. The van der Waals surface area contributed by atoms with Crippen LogP contribution in [0.4, 0.5) is 0 Å². The van der Waals surface area contributed by atoms with Crippen molar-refractivity contribution in [2.45, 2.75) is 66.1 Å². The van der Waals surface area contributed by atoms with E-state index >= 15 is 0 Å². The summed E-state index contributed by atoms with van der Waals surface area (Å²) in [5.41, 5.74) is 5.65. The molecule has 0 saturated carbocycles. The topological polar surface area (TPSA) is 80.3 Å². The lowest BCUT2D eigenvalue weighted by atomic mass is 9.99. The second kappa shape index (κ2) is 10.8. The second-order valence-electron chi connectivity index (χ2n) is 7.80. The van der Waals surface area contributed by atoms with Gasteiger partial charge in [0.05, 0.1) is 24.5 Å². The number of hydrogen-bond acceptors (Lipinski definition) is 4. The first-order valence-corrected chi connectivity index (χ1v) is 11.0. The lowest BCUT2D eigenvalue weighted by molar-refractivity contribution is 0.368. The first-order chi connectivity index (χ1) is 15.0. The van der Waals surface area contributed by atoms with Gasteiger partial charge >= 0.3 is 0 Å². The molecule has 2 N–H and O–H groups in total. The lowest BCUT2D eigenvalue weighted by Gasteiger charge is -2.11. The highest BCUT2D eigenvalue weighted by atomic mass is 16.5. The summed E-state index contributed by atoms with van der Waals surface area (Å²) in [6, 6.07) is 12.4. The summed E-state index contributed by atoms with van der Waals surface area (Å²) in [4.78, 5) is 4.33. The second-order valence-corrected chi connectivity index (χ2v) is 7.80. The molecule has 0 aliphatic carbocycles. The molecule has 0 bridgehead atoms. The zero-order valence-corrected chi connectivity index (χ0v) is 19.3. The Balaban J connectivity index is 1.57. The normalized spacial score (nSPS) is 11.9. The molecular formula is C24H34N6O. The first kappa shape index (κ1) is 22.6. The average Bonchev–Trinajstić information content (AvgIpc) is 3.35. The zero-order valence-electron chi connectivity index (χ0n) is 19.3. The molecule has 31 heavy (non-hydrogen) atoms. The van der Waals surface area contributed by atoms with Crippen molar-refractivity contribution in [2.24, 2.45) is 4.99 Å². The first-order valence-electron chi connectivity index (χ1n) is 11.0. The van der Waals surface area contributed by atoms with Crippen LogP contribution in [0.5, 0.6) is 0 Å². The SMILES string of the molecule is CCC(CC)c1cc(CNC(=NC)NCc2c(C)nn(Cc3ccccc3)c2C)on1. The maximum atomic E-state index is 5.50. The van der Waals surface area contributed by atoms with Crippen molar-refractivity contribution >= 4 is 5.96 Å². The number of rotatable bonds is 9. The quantitative estimate of drug-likeness (QED) is 0.397. The van der Waals surface area contributed by atoms with Crippen LogP contribution in [0, 0.1) is 13.8 Å². The van der Waals surface area contributed by atoms with Crippen LogP contribution in [0.3, 0.4) is 0 Å². The Morgan fingerprint density at radius 1 is 1.10 bits per heavy atom. The Labute approximate surface area is 184 Å². The van der Waals surface area contributed by atoms with Gasteiger partial charge in [-0.2, -0.15) is 5.10 Å². The van der Waals surface area contributed by atoms with Gasteiger partial charge in [-0.25, -0.2) is 0 Å². The van der Waals surface area contributed by atoms with Crippen LogP contribution < -0.4 is 10.6 Å². The number of aromatic nitrogens is 3. The minimum atomic E-state index is 0.452. The number of guanidine groups is 1. The van der Waals surface area contributed by atoms with Crippen LogP contribution in [0.1, 0.15) is 66.6 Å². The molecule has 0 spiro atoms. The van der Waals surface area contributed by atoms with Crippen molar-refractivity contribution in [1.29, 1.82) is 0 Å². The standard InChI is InChI=1S/C24H34N6O/c1-6-20(7-2)23-13-21(31-29-23)14-26-24(25-5)27-15-22-17(3)28-30(18(22)4)16-19-11-9-8-10-12-19/h8-13,20H,6-7,14-16H2,1-5H3,(H2,25,26,27). The fraction of sp³-hybridized carbons (Fsp3) is 0.458. The maximum Gasteiger partial charge on any atom is 0.191 e. The highest BCUT2D eigenvalue weighted by Crippen LogP contribution is 2.22. The molecule has 166 valence electrons. The van der Waals surface area contributed by atoms with Gasteiger partial charge in [-0.1, -0.05) is 49.3 Å². The molecule has 0 unspecified atom stereocenters. The molecule has 0 atom stereocenters. The minimum Gasteiger partial charge on any atom is -0.359 e. The van der Waals surface area contributed by atoms with E-state index in [9.17, 15) is 0 Å². The van der Waals surface area contributed by atoms with Gasteiger partial charge in [0.15, 0.2) is 11.7 Å². The maximum absolute atomic E-state index is 5.50. The van der Waals surface area contributed by atoms with E-state index in [1.54, 1.807) is 7.05 Å². The minimum absolute atomic E-state index is 0.452. The predicted octanol–water partition coefficient (Wildman–Crippen LogP) is 4.31. The molecule has 0 aliphatic rings. The lowest BCUT2D eigenvalue weighted by Crippen LogP contribution is -2.36. The highest BCUT2D eigenvalue weighted by molar-refractivity contribution is 5.79. The Hall–Kier alpha value is -3.09. The van der Waals surface area contributed by atoms with Crippen molar-refractivity contribution < 1.29 is 4.52 Å². The number of benzene rings is 1. The van der Waals surface area contributed by atoms with Crippen LogP contribution in [0.25, 0.3) is 0 Å². The van der Waals surface area contributed by atoms with Crippen LogP contribution in [-0.4, -0.2) is 27.9 Å². The Bertz CT molecular complexity index is 985. The molecule has 0 radical (unpaired) electrons. The van der Waals surface area contributed by atoms with Crippen molar-refractivity contribution in [3.05, 3.63) is 70.4 Å². The number of hydrogen-bond donors (Lipinski definition) is 2. The van der Waals surface area contributed by atoms with Crippen molar-refractivity contribution in [3.8, 4) is 0 Å². The zero-order chi connectivity index (χ0) is 22.2. The molecule has 0 aliphatic heterocycles. The largest absolute Gasteiger partial charge is 0.359 e. The molecule has 0 amide bonds. The molecule has 3 rings (SSSR count). The van der Waals surface area contributed by atoms with Crippen molar-refractivity contribution in [3.63, 3.8) is 0 Å². The van der Waals surface area contributed by atoms with Crippen LogP contribution in [0.15, 0.2) is 45.9 Å². The molecule has 7 heteroatoms. The Kier molecular flexibility index (Phi) is 7.87.